The Morgan fingerprint density at radius 3 is 2.76 bits per heavy atom. The van der Waals surface area contributed by atoms with E-state index in [1.165, 1.54) is 0 Å². The summed E-state index contributed by atoms with van der Waals surface area (Å²) in [6.07, 6.45) is 3.17. The number of aryl methyl sites for hydroxylation is 1. The zero-order valence-electron chi connectivity index (χ0n) is 12.5. The van der Waals surface area contributed by atoms with Crippen LogP contribution in [0.3, 0.4) is 0 Å². The minimum absolute atomic E-state index is 0.127. The monoisotopic (exact) mass is 305 g/mol. The third-order valence-electron chi connectivity index (χ3n) is 3.80. The number of hydrogen-bond donors (Lipinski definition) is 1. The van der Waals surface area contributed by atoms with Crippen LogP contribution in [0.15, 0.2) is 10.5 Å². The van der Waals surface area contributed by atoms with Crippen LogP contribution in [-0.4, -0.2) is 16.1 Å². The van der Waals surface area contributed by atoms with Crippen molar-refractivity contribution in [3.63, 3.8) is 0 Å². The smallest absolute Gasteiger partial charge is 0.257 e. The molecular formula is C15H19N3O2S. The van der Waals surface area contributed by atoms with E-state index in [4.69, 9.17) is 4.42 Å². The first-order chi connectivity index (χ1) is 10.0. The molecule has 0 radical (unpaired) electrons. The van der Waals surface area contributed by atoms with Crippen molar-refractivity contribution in [1.29, 1.82) is 0 Å². The molecule has 0 aromatic carbocycles. The van der Waals surface area contributed by atoms with Gasteiger partial charge in [0.1, 0.15) is 0 Å². The Morgan fingerprint density at radius 1 is 1.43 bits per heavy atom. The van der Waals surface area contributed by atoms with Gasteiger partial charge in [-0.15, -0.1) is 21.5 Å². The maximum Gasteiger partial charge on any atom is 0.257 e. The van der Waals surface area contributed by atoms with E-state index in [1.54, 1.807) is 11.3 Å². The Bertz CT molecular complexity index is 656. The molecule has 1 amide bonds. The molecule has 1 N–H and O–H groups in total. The van der Waals surface area contributed by atoms with Gasteiger partial charge in [-0.05, 0) is 25.8 Å². The molecule has 0 saturated heterocycles. The Hall–Kier alpha value is -1.69. The number of nitrogens with one attached hydrogen (secondary N) is 1. The number of carbonyl (C=O) groups excluding carboxylic acids is 1. The van der Waals surface area contributed by atoms with Gasteiger partial charge in [-0.3, -0.25) is 4.79 Å². The van der Waals surface area contributed by atoms with Gasteiger partial charge in [-0.1, -0.05) is 20.3 Å². The Labute approximate surface area is 127 Å². The summed E-state index contributed by atoms with van der Waals surface area (Å²) in [5.41, 5.74) is 0.858. The summed E-state index contributed by atoms with van der Waals surface area (Å²) in [6.45, 7) is 6.02. The fourth-order valence-corrected chi connectivity index (χ4v) is 3.08. The van der Waals surface area contributed by atoms with Crippen molar-refractivity contribution < 1.29 is 9.21 Å². The summed E-state index contributed by atoms with van der Waals surface area (Å²) in [5, 5.41) is 11.1. The first-order valence-electron chi connectivity index (χ1n) is 7.29. The van der Waals surface area contributed by atoms with E-state index in [9.17, 15) is 4.79 Å². The molecule has 2 aromatic rings. The summed E-state index contributed by atoms with van der Waals surface area (Å²) >= 11 is 1.56. The van der Waals surface area contributed by atoms with Gasteiger partial charge in [0, 0.05) is 16.7 Å². The Kier molecular flexibility index (Phi) is 3.80. The molecule has 1 aliphatic carbocycles. The van der Waals surface area contributed by atoms with E-state index in [-0.39, 0.29) is 17.7 Å². The van der Waals surface area contributed by atoms with E-state index < -0.39 is 0 Å². The second kappa shape index (κ2) is 5.60. The lowest BCUT2D eigenvalue weighted by Gasteiger charge is -2.23. The van der Waals surface area contributed by atoms with Crippen molar-refractivity contribution in [2.75, 3.05) is 5.32 Å². The number of anilines is 1. The van der Waals surface area contributed by atoms with Crippen LogP contribution in [0.2, 0.25) is 0 Å². The van der Waals surface area contributed by atoms with E-state index in [1.807, 2.05) is 26.8 Å². The molecular weight excluding hydrogens is 286 g/mol. The summed E-state index contributed by atoms with van der Waals surface area (Å²) in [6, 6.07) is 1.92. The van der Waals surface area contributed by atoms with Crippen molar-refractivity contribution in [2.45, 2.75) is 46.0 Å². The van der Waals surface area contributed by atoms with Gasteiger partial charge in [0.2, 0.25) is 11.8 Å². The van der Waals surface area contributed by atoms with Crippen LogP contribution in [0.1, 0.15) is 49.8 Å². The highest BCUT2D eigenvalue weighted by atomic mass is 32.1. The second-order valence-corrected chi connectivity index (χ2v) is 7.05. The van der Waals surface area contributed by atoms with Gasteiger partial charge >= 0.3 is 0 Å². The molecule has 112 valence electrons. The zero-order valence-corrected chi connectivity index (χ0v) is 13.3. The van der Waals surface area contributed by atoms with Crippen molar-refractivity contribution in [3.05, 3.63) is 16.8 Å². The van der Waals surface area contributed by atoms with Crippen molar-refractivity contribution in [2.24, 2.45) is 5.92 Å². The lowest BCUT2D eigenvalue weighted by Crippen LogP contribution is -2.28. The molecule has 0 spiro atoms. The lowest BCUT2D eigenvalue weighted by atomic mass is 9.85. The van der Waals surface area contributed by atoms with Crippen LogP contribution in [-0.2, 0) is 4.79 Å². The molecule has 6 heteroatoms. The average Bonchev–Trinajstić information content (AvgIpc) is 2.94. The maximum absolute atomic E-state index is 12.0. The fraction of sp³-hybridized carbons (Fsp3) is 0.533. The minimum atomic E-state index is 0.127. The number of hydrogen-bond acceptors (Lipinski definition) is 5. The molecule has 3 rings (SSSR count). The number of amides is 1. The molecule has 0 atom stereocenters. The number of nitrogens with zero attached hydrogens (tertiary/aromatic N) is 2. The highest BCUT2D eigenvalue weighted by Crippen LogP contribution is 2.35. The molecule has 0 aliphatic heterocycles. The maximum atomic E-state index is 12.0. The van der Waals surface area contributed by atoms with Crippen LogP contribution in [0.5, 0.6) is 0 Å². The molecule has 5 nitrogen and oxygen atoms in total. The van der Waals surface area contributed by atoms with Crippen molar-refractivity contribution in [1.82, 2.24) is 10.2 Å². The Balaban J connectivity index is 1.78. The molecule has 1 aliphatic rings. The van der Waals surface area contributed by atoms with E-state index in [0.717, 1.165) is 34.7 Å². The van der Waals surface area contributed by atoms with Gasteiger partial charge in [-0.2, -0.15) is 0 Å². The quantitative estimate of drug-likeness (QED) is 0.928. The topological polar surface area (TPSA) is 68.0 Å². The van der Waals surface area contributed by atoms with Gasteiger partial charge < -0.3 is 9.73 Å². The van der Waals surface area contributed by atoms with Crippen molar-refractivity contribution >= 4 is 22.9 Å². The molecule has 0 bridgehead atoms. The highest BCUT2D eigenvalue weighted by molar-refractivity contribution is 7.15. The second-order valence-electron chi connectivity index (χ2n) is 5.80. The summed E-state index contributed by atoms with van der Waals surface area (Å²) in [4.78, 5) is 14.0. The molecule has 0 unspecified atom stereocenters. The van der Waals surface area contributed by atoms with E-state index >= 15 is 0 Å². The molecule has 1 saturated carbocycles. The summed E-state index contributed by atoms with van der Waals surface area (Å²) < 4.78 is 5.66. The number of carbonyl (C=O) groups is 1. The van der Waals surface area contributed by atoms with Crippen LogP contribution in [0.25, 0.3) is 10.8 Å². The molecule has 1 fully saturated rings. The van der Waals surface area contributed by atoms with Gasteiger partial charge in [0.15, 0.2) is 0 Å². The number of thiophene rings is 1. The third kappa shape index (κ3) is 2.85. The first kappa shape index (κ1) is 14.3. The predicted octanol–water partition coefficient (Wildman–Crippen LogP) is 3.97. The third-order valence-corrected chi connectivity index (χ3v) is 4.84. The van der Waals surface area contributed by atoms with Crippen LogP contribution in [0, 0.1) is 12.8 Å². The van der Waals surface area contributed by atoms with Crippen LogP contribution in [0.4, 0.5) is 5.69 Å². The van der Waals surface area contributed by atoms with E-state index in [2.05, 4.69) is 15.5 Å². The molecule has 2 heterocycles. The number of aromatic nitrogens is 2. The predicted molar refractivity (Wildman–Crippen MR) is 82.4 cm³/mol. The first-order valence-corrected chi connectivity index (χ1v) is 8.11. The average molecular weight is 305 g/mol. The van der Waals surface area contributed by atoms with Crippen LogP contribution < -0.4 is 5.32 Å². The minimum Gasteiger partial charge on any atom is -0.420 e. The van der Waals surface area contributed by atoms with Crippen LogP contribution >= 0.6 is 11.3 Å². The highest BCUT2D eigenvalue weighted by Gasteiger charge is 2.26. The van der Waals surface area contributed by atoms with Crippen molar-refractivity contribution in [3.8, 4) is 10.8 Å². The van der Waals surface area contributed by atoms with Gasteiger partial charge in [-0.25, -0.2) is 0 Å². The zero-order chi connectivity index (χ0) is 15.0. The summed E-state index contributed by atoms with van der Waals surface area (Å²) in [7, 11) is 0. The largest absolute Gasteiger partial charge is 0.420 e. The lowest BCUT2D eigenvalue weighted by molar-refractivity contribution is -0.122. The summed E-state index contributed by atoms with van der Waals surface area (Å²) in [5.74, 6) is 1.68. The van der Waals surface area contributed by atoms with E-state index in [0.29, 0.717) is 11.8 Å². The standard InChI is InChI=1S/C15H19N3O2S/c1-8(2)14-17-18-15(20-14)12-7-11(9(3)21-12)16-13(19)10-5-4-6-10/h7-8,10H,4-6H2,1-3H3,(H,16,19). The fourth-order valence-electron chi connectivity index (χ4n) is 2.18. The molecule has 2 aromatic heterocycles. The number of rotatable bonds is 4. The SMILES string of the molecule is Cc1sc(-c2nnc(C(C)C)o2)cc1NC(=O)C1CCC1. The van der Waals surface area contributed by atoms with Gasteiger partial charge in [0.05, 0.1) is 10.6 Å². The normalized spacial score (nSPS) is 15.2. The van der Waals surface area contributed by atoms with Gasteiger partial charge in [0.25, 0.3) is 5.89 Å². The Morgan fingerprint density at radius 2 is 2.19 bits per heavy atom. The molecule has 21 heavy (non-hydrogen) atoms.